The highest BCUT2D eigenvalue weighted by molar-refractivity contribution is 5.87. The molecule has 7 nitrogen and oxygen atoms in total. The molecule has 2 atom stereocenters. The zero-order valence-electron chi connectivity index (χ0n) is 16.7. The number of H-pyrrole nitrogens is 1. The van der Waals surface area contributed by atoms with Crippen molar-refractivity contribution in [2.75, 3.05) is 13.1 Å². The summed E-state index contributed by atoms with van der Waals surface area (Å²) in [5.41, 5.74) is 1.42. The molecular weight excluding hydrogens is 382 g/mol. The van der Waals surface area contributed by atoms with E-state index in [4.69, 9.17) is 4.74 Å². The molecule has 2 heterocycles. The molecule has 0 bridgehead atoms. The first-order valence-electron chi connectivity index (χ1n) is 10.0. The minimum atomic E-state index is -0.719. The first kappa shape index (κ1) is 19.8. The molecule has 1 aliphatic rings. The predicted molar refractivity (Wildman–Crippen MR) is 112 cm³/mol. The molecule has 0 aliphatic carbocycles. The maximum absolute atomic E-state index is 12.6. The summed E-state index contributed by atoms with van der Waals surface area (Å²) >= 11 is 0. The second kappa shape index (κ2) is 8.49. The van der Waals surface area contributed by atoms with E-state index in [0.29, 0.717) is 24.0 Å². The lowest BCUT2D eigenvalue weighted by Gasteiger charge is -2.18. The molecule has 154 valence electrons. The molecule has 1 fully saturated rings. The second-order valence-electron chi connectivity index (χ2n) is 7.52. The Morgan fingerprint density at radius 3 is 2.70 bits per heavy atom. The molecule has 1 saturated heterocycles. The summed E-state index contributed by atoms with van der Waals surface area (Å²) in [6.45, 7) is 2.58. The Labute approximate surface area is 173 Å². The van der Waals surface area contributed by atoms with Crippen molar-refractivity contribution in [2.24, 2.45) is 5.92 Å². The molecule has 0 radical (unpaired) electrons. The van der Waals surface area contributed by atoms with E-state index in [-0.39, 0.29) is 23.7 Å². The second-order valence-corrected chi connectivity index (χ2v) is 7.52. The number of amides is 1. The van der Waals surface area contributed by atoms with Crippen molar-refractivity contribution in [2.45, 2.75) is 25.9 Å². The largest absolute Gasteiger partial charge is 0.454 e. The number of benzene rings is 2. The van der Waals surface area contributed by atoms with Crippen LogP contribution in [0.2, 0.25) is 0 Å². The smallest absolute Gasteiger partial charge is 0.311 e. The first-order valence-corrected chi connectivity index (χ1v) is 10.0. The predicted octanol–water partition coefficient (Wildman–Crippen LogP) is 2.62. The summed E-state index contributed by atoms with van der Waals surface area (Å²) in [6.07, 6.45) is 0.165. The Balaban J connectivity index is 1.38. The third kappa shape index (κ3) is 4.25. The van der Waals surface area contributed by atoms with Gasteiger partial charge in [-0.05, 0) is 31.0 Å². The average Bonchev–Trinajstić information content (AvgIpc) is 3.13. The molecule has 0 saturated carbocycles. The molecule has 1 aliphatic heterocycles. The van der Waals surface area contributed by atoms with Crippen LogP contribution in [-0.4, -0.2) is 39.8 Å². The van der Waals surface area contributed by atoms with Gasteiger partial charge in [0.05, 0.1) is 16.8 Å². The zero-order valence-corrected chi connectivity index (χ0v) is 16.7. The summed E-state index contributed by atoms with van der Waals surface area (Å²) in [5.74, 6) is -0.716. The number of aromatic nitrogens is 2. The third-order valence-electron chi connectivity index (χ3n) is 5.37. The maximum Gasteiger partial charge on any atom is 0.311 e. The van der Waals surface area contributed by atoms with Crippen molar-refractivity contribution in [1.82, 2.24) is 14.9 Å². The molecule has 0 spiro atoms. The molecular formula is C23H23N3O4. The number of ether oxygens (including phenoxy) is 1. The molecule has 4 rings (SSSR count). The molecule has 3 aromatic rings. The molecule has 1 N–H and O–H groups in total. The van der Waals surface area contributed by atoms with E-state index in [2.05, 4.69) is 9.97 Å². The topological polar surface area (TPSA) is 92.4 Å². The average molecular weight is 405 g/mol. The van der Waals surface area contributed by atoms with Crippen LogP contribution in [0.1, 0.15) is 30.8 Å². The van der Waals surface area contributed by atoms with Crippen LogP contribution in [-0.2, 0) is 20.7 Å². The van der Waals surface area contributed by atoms with Gasteiger partial charge in [-0.3, -0.25) is 14.4 Å². The van der Waals surface area contributed by atoms with Crippen LogP contribution in [0.5, 0.6) is 0 Å². The lowest BCUT2D eigenvalue weighted by molar-refractivity contribution is -0.153. The summed E-state index contributed by atoms with van der Waals surface area (Å²) < 4.78 is 5.53. The number of likely N-dealkylation sites (tertiary alicyclic amines) is 1. The van der Waals surface area contributed by atoms with E-state index in [9.17, 15) is 14.4 Å². The van der Waals surface area contributed by atoms with E-state index in [0.717, 1.165) is 12.0 Å². The quantitative estimate of drug-likeness (QED) is 0.637. The van der Waals surface area contributed by atoms with Crippen LogP contribution < -0.4 is 5.56 Å². The van der Waals surface area contributed by atoms with Gasteiger partial charge in [-0.15, -0.1) is 0 Å². The van der Waals surface area contributed by atoms with E-state index in [1.165, 1.54) is 0 Å². The number of fused-ring (bicyclic) bond motifs is 1. The monoisotopic (exact) mass is 405 g/mol. The fraction of sp³-hybridized carbons (Fsp3) is 0.304. The molecule has 7 heteroatoms. The van der Waals surface area contributed by atoms with Gasteiger partial charge in [0.1, 0.15) is 0 Å². The Kier molecular flexibility index (Phi) is 5.61. The van der Waals surface area contributed by atoms with Crippen molar-refractivity contribution in [3.8, 4) is 0 Å². The standard InChI is InChI=1S/C23H23N3O4/c1-15(21-24-19-10-6-5-9-18(19)22(28)25-21)30-23(29)17-13-20(27)26(14-17)12-11-16-7-3-2-4-8-16/h2-10,15,17H,11-14H2,1H3,(H,24,25,28)/t15-,17+/m1/s1. The summed E-state index contributed by atoms with van der Waals surface area (Å²) in [5, 5.41) is 0.482. The lowest BCUT2D eigenvalue weighted by atomic mass is 10.1. The number of para-hydroxylation sites is 1. The fourth-order valence-electron chi connectivity index (χ4n) is 3.68. The molecule has 30 heavy (non-hydrogen) atoms. The van der Waals surface area contributed by atoms with Crippen LogP contribution >= 0.6 is 0 Å². The van der Waals surface area contributed by atoms with Crippen molar-refractivity contribution >= 4 is 22.8 Å². The number of rotatable bonds is 6. The summed E-state index contributed by atoms with van der Waals surface area (Å²) in [6, 6.07) is 16.9. The van der Waals surface area contributed by atoms with Gasteiger partial charge in [0, 0.05) is 19.5 Å². The maximum atomic E-state index is 12.6. The van der Waals surface area contributed by atoms with Gasteiger partial charge >= 0.3 is 5.97 Å². The highest BCUT2D eigenvalue weighted by Gasteiger charge is 2.36. The molecule has 1 aromatic heterocycles. The number of carbonyl (C=O) groups excluding carboxylic acids is 2. The Morgan fingerprint density at radius 2 is 1.90 bits per heavy atom. The van der Waals surface area contributed by atoms with Gasteiger partial charge in [-0.1, -0.05) is 42.5 Å². The van der Waals surface area contributed by atoms with Crippen LogP contribution in [0.4, 0.5) is 0 Å². The minimum absolute atomic E-state index is 0.0437. The number of esters is 1. The summed E-state index contributed by atoms with van der Waals surface area (Å²) in [7, 11) is 0. The highest BCUT2D eigenvalue weighted by Crippen LogP contribution is 2.23. The normalized spacial score (nSPS) is 17.3. The molecule has 0 unspecified atom stereocenters. The van der Waals surface area contributed by atoms with E-state index < -0.39 is 18.0 Å². The van der Waals surface area contributed by atoms with E-state index in [1.807, 2.05) is 30.3 Å². The van der Waals surface area contributed by atoms with Gasteiger partial charge in [0.25, 0.3) is 5.56 Å². The minimum Gasteiger partial charge on any atom is -0.454 e. The molecule has 2 aromatic carbocycles. The van der Waals surface area contributed by atoms with E-state index >= 15 is 0 Å². The van der Waals surface area contributed by atoms with Crippen LogP contribution in [0.25, 0.3) is 10.9 Å². The highest BCUT2D eigenvalue weighted by atomic mass is 16.5. The number of carbonyl (C=O) groups is 2. The van der Waals surface area contributed by atoms with Gasteiger partial charge in [-0.25, -0.2) is 4.98 Å². The Morgan fingerprint density at radius 1 is 1.17 bits per heavy atom. The van der Waals surface area contributed by atoms with Gasteiger partial charge in [0.2, 0.25) is 5.91 Å². The zero-order chi connectivity index (χ0) is 21.1. The Bertz CT molecular complexity index is 1130. The number of hydrogen-bond donors (Lipinski definition) is 1. The van der Waals surface area contributed by atoms with E-state index in [1.54, 1.807) is 36.1 Å². The van der Waals surface area contributed by atoms with Gasteiger partial charge < -0.3 is 14.6 Å². The van der Waals surface area contributed by atoms with Gasteiger partial charge in [-0.2, -0.15) is 0 Å². The van der Waals surface area contributed by atoms with Crippen molar-refractivity contribution in [1.29, 1.82) is 0 Å². The van der Waals surface area contributed by atoms with Gasteiger partial charge in [0.15, 0.2) is 11.9 Å². The number of nitrogens with one attached hydrogen (secondary N) is 1. The number of aromatic amines is 1. The Hall–Kier alpha value is -3.48. The van der Waals surface area contributed by atoms with Crippen LogP contribution in [0, 0.1) is 5.92 Å². The fourth-order valence-corrected chi connectivity index (χ4v) is 3.68. The molecule has 1 amide bonds. The van der Waals surface area contributed by atoms with Crippen LogP contribution in [0.15, 0.2) is 59.4 Å². The van der Waals surface area contributed by atoms with Crippen molar-refractivity contribution < 1.29 is 14.3 Å². The SMILES string of the molecule is C[C@@H](OC(=O)[C@H]1CC(=O)N(CCc2ccccc2)C1)c1nc2ccccc2c(=O)[nH]1. The van der Waals surface area contributed by atoms with Crippen molar-refractivity contribution in [3.05, 3.63) is 76.3 Å². The number of hydrogen-bond acceptors (Lipinski definition) is 5. The van der Waals surface area contributed by atoms with Crippen LogP contribution in [0.3, 0.4) is 0 Å². The number of nitrogens with zero attached hydrogens (tertiary/aromatic N) is 2. The lowest BCUT2D eigenvalue weighted by Crippen LogP contribution is -2.29. The van der Waals surface area contributed by atoms with Crippen molar-refractivity contribution in [3.63, 3.8) is 0 Å². The third-order valence-corrected chi connectivity index (χ3v) is 5.37. The first-order chi connectivity index (χ1) is 14.5. The summed E-state index contributed by atoms with van der Waals surface area (Å²) in [4.78, 5) is 46.0.